The fraction of sp³-hybridized carbons (Fsp3) is 0.0182. The van der Waals surface area contributed by atoms with Crippen molar-refractivity contribution in [3.63, 3.8) is 0 Å². The van der Waals surface area contributed by atoms with Crippen LogP contribution in [-0.4, -0.2) is 16.2 Å². The minimum Gasteiger partial charge on any atom is -0.497 e. The van der Waals surface area contributed by atoms with Gasteiger partial charge in [0.15, 0.2) is 0 Å². The number of aromatic nitrogens is 2. The van der Waals surface area contributed by atoms with E-state index < -0.39 is 0 Å². The van der Waals surface area contributed by atoms with Gasteiger partial charge in [0.25, 0.3) is 0 Å². The van der Waals surface area contributed by atoms with Gasteiger partial charge < -0.3 is 13.9 Å². The molecule has 0 bridgehead atoms. The van der Waals surface area contributed by atoms with Gasteiger partial charge in [-0.1, -0.05) is 121 Å². The van der Waals surface area contributed by atoms with Crippen LogP contribution in [-0.2, 0) is 0 Å². The second-order valence-electron chi connectivity index (χ2n) is 15.6. The van der Waals surface area contributed by atoms with Gasteiger partial charge in [0.1, 0.15) is 5.75 Å². The lowest BCUT2D eigenvalue weighted by Crippen LogP contribution is -2.00. The van der Waals surface area contributed by atoms with Crippen LogP contribution in [0.25, 0.3) is 118 Å². The van der Waals surface area contributed by atoms with Crippen LogP contribution < -0.4 is 4.74 Å². The Morgan fingerprint density at radius 3 is 1.25 bits per heavy atom. The van der Waals surface area contributed by atoms with Crippen molar-refractivity contribution in [1.82, 2.24) is 9.13 Å². The Morgan fingerprint density at radius 1 is 0.350 bits per heavy atom. The molecule has 0 amide bonds. The molecule has 282 valence electrons. The lowest BCUT2D eigenvalue weighted by atomic mass is 10.0. The number of hydrogen-bond donors (Lipinski definition) is 0. The van der Waals surface area contributed by atoms with Crippen molar-refractivity contribution < 1.29 is 4.74 Å². The zero-order chi connectivity index (χ0) is 39.5. The number of para-hydroxylation sites is 2. The maximum Gasteiger partial charge on any atom is 0.123 e. The fourth-order valence-electron chi connectivity index (χ4n) is 9.73. The molecule has 0 saturated heterocycles. The average molecular weight is 803 g/mol. The van der Waals surface area contributed by atoms with Gasteiger partial charge in [-0.15, -0.1) is 22.7 Å². The largest absolute Gasteiger partial charge is 0.497 e. The van der Waals surface area contributed by atoms with Crippen molar-refractivity contribution in [3.8, 4) is 39.4 Å². The highest BCUT2D eigenvalue weighted by Gasteiger charge is 2.20. The van der Waals surface area contributed by atoms with Gasteiger partial charge in [0.2, 0.25) is 0 Å². The summed E-state index contributed by atoms with van der Waals surface area (Å²) < 4.78 is 16.2. The van der Waals surface area contributed by atoms with Crippen LogP contribution in [0.1, 0.15) is 0 Å². The number of fused-ring (bicyclic) bond motifs is 12. The molecule has 0 aliphatic rings. The maximum atomic E-state index is 6.10. The minimum atomic E-state index is 0.806. The van der Waals surface area contributed by atoms with Gasteiger partial charge >= 0.3 is 0 Å². The Kier molecular flexibility index (Phi) is 7.26. The van der Waals surface area contributed by atoms with E-state index in [1.54, 1.807) is 7.11 Å². The highest BCUT2D eigenvalue weighted by atomic mass is 32.1. The third-order valence-electron chi connectivity index (χ3n) is 12.4. The number of methoxy groups -OCH3 is 1. The van der Waals surface area contributed by atoms with Crippen LogP contribution in [0, 0.1) is 0 Å². The first-order chi connectivity index (χ1) is 29.7. The molecule has 5 heteroatoms. The summed E-state index contributed by atoms with van der Waals surface area (Å²) in [6.45, 7) is 0. The van der Waals surface area contributed by atoms with Crippen molar-refractivity contribution >= 4 is 107 Å². The molecular formula is C55H34N2OS2. The Labute approximate surface area is 353 Å². The molecule has 0 N–H and O–H groups in total. The van der Waals surface area contributed by atoms with Crippen molar-refractivity contribution in [2.75, 3.05) is 7.11 Å². The van der Waals surface area contributed by atoms with Gasteiger partial charge in [-0.2, -0.15) is 0 Å². The summed E-state index contributed by atoms with van der Waals surface area (Å²) in [7, 11) is 1.77. The fourth-order valence-corrected chi connectivity index (χ4v) is 12.2. The summed E-state index contributed by atoms with van der Waals surface area (Å²) in [5.74, 6) is 0.806. The number of thiophene rings is 2. The molecule has 13 aromatic rings. The predicted molar refractivity (Wildman–Crippen MR) is 258 cm³/mol. The van der Waals surface area contributed by atoms with E-state index >= 15 is 0 Å². The standard InChI is InChI=1S/C55H34N2OS2/c1-58-37-31-35(56-48-20-6-2-12-40(48)46-28-33(24-26-50(46)56)38-16-10-18-44-42-14-4-8-22-52(42)59-54(38)44)30-36(32-37)57-49-21-7-3-13-41(49)47-29-34(25-27-51(47)57)39-17-11-19-45-43-15-5-9-23-53(43)60-55(39)45/h2-32H,1H3. The van der Waals surface area contributed by atoms with Crippen LogP contribution >= 0.6 is 22.7 Å². The van der Waals surface area contributed by atoms with E-state index in [1.165, 1.54) is 84.1 Å². The molecule has 0 unspecified atom stereocenters. The van der Waals surface area contributed by atoms with Crippen LogP contribution in [0.5, 0.6) is 5.75 Å². The second kappa shape index (κ2) is 12.9. The lowest BCUT2D eigenvalue weighted by Gasteiger charge is -2.15. The summed E-state index contributed by atoms with van der Waals surface area (Å²) in [5.41, 5.74) is 11.7. The Hall–Kier alpha value is -7.18. The zero-order valence-corrected chi connectivity index (χ0v) is 34.2. The first-order valence-corrected chi connectivity index (χ1v) is 21.9. The molecule has 0 spiro atoms. The summed E-state index contributed by atoms with van der Waals surface area (Å²) in [4.78, 5) is 0. The van der Waals surface area contributed by atoms with E-state index in [0.717, 1.165) is 39.2 Å². The van der Waals surface area contributed by atoms with E-state index in [-0.39, 0.29) is 0 Å². The molecule has 9 aromatic carbocycles. The second-order valence-corrected chi connectivity index (χ2v) is 17.7. The van der Waals surface area contributed by atoms with Gasteiger partial charge in [0.05, 0.1) is 40.6 Å². The predicted octanol–water partition coefficient (Wildman–Crippen LogP) is 16.0. The summed E-state index contributed by atoms with van der Waals surface area (Å²) >= 11 is 3.76. The molecule has 0 fully saturated rings. The Morgan fingerprint density at radius 2 is 0.767 bits per heavy atom. The topological polar surface area (TPSA) is 19.1 Å². The molecule has 60 heavy (non-hydrogen) atoms. The number of benzene rings is 9. The van der Waals surface area contributed by atoms with Crippen molar-refractivity contribution in [2.45, 2.75) is 0 Å². The van der Waals surface area contributed by atoms with Gasteiger partial charge in [-0.05, 0) is 76.9 Å². The molecule has 13 rings (SSSR count). The molecule has 3 nitrogen and oxygen atoms in total. The minimum absolute atomic E-state index is 0.806. The highest BCUT2D eigenvalue weighted by molar-refractivity contribution is 7.26. The summed E-state index contributed by atoms with van der Waals surface area (Å²) in [6, 6.07) is 69.1. The van der Waals surface area contributed by atoms with Crippen LogP contribution in [0.4, 0.5) is 0 Å². The van der Waals surface area contributed by atoms with Gasteiger partial charge in [0, 0.05) is 74.0 Å². The number of hydrogen-bond acceptors (Lipinski definition) is 3. The molecule has 0 radical (unpaired) electrons. The van der Waals surface area contributed by atoms with Crippen molar-refractivity contribution in [2.24, 2.45) is 0 Å². The maximum absolute atomic E-state index is 6.10. The molecule has 4 heterocycles. The summed E-state index contributed by atoms with van der Waals surface area (Å²) in [6.07, 6.45) is 0. The van der Waals surface area contributed by atoms with Crippen LogP contribution in [0.2, 0.25) is 0 Å². The normalized spacial score (nSPS) is 12.1. The monoisotopic (exact) mass is 802 g/mol. The lowest BCUT2D eigenvalue weighted by molar-refractivity contribution is 0.414. The first-order valence-electron chi connectivity index (χ1n) is 20.3. The van der Waals surface area contributed by atoms with Crippen LogP contribution in [0.3, 0.4) is 0 Å². The van der Waals surface area contributed by atoms with E-state index in [1.807, 2.05) is 22.7 Å². The zero-order valence-electron chi connectivity index (χ0n) is 32.5. The van der Waals surface area contributed by atoms with Gasteiger partial charge in [-0.3, -0.25) is 0 Å². The Bertz CT molecular complexity index is 3650. The van der Waals surface area contributed by atoms with E-state index in [0.29, 0.717) is 0 Å². The smallest absolute Gasteiger partial charge is 0.123 e. The molecule has 0 atom stereocenters. The summed E-state index contributed by atoms with van der Waals surface area (Å²) in [5, 5.41) is 10.2. The molecule has 0 saturated carbocycles. The third-order valence-corrected chi connectivity index (χ3v) is 14.8. The van der Waals surface area contributed by atoms with E-state index in [4.69, 9.17) is 4.74 Å². The number of nitrogens with zero attached hydrogens (tertiary/aromatic N) is 2. The average Bonchev–Trinajstić information content (AvgIpc) is 4.06. The highest BCUT2D eigenvalue weighted by Crippen LogP contribution is 2.44. The molecule has 0 aliphatic heterocycles. The molecular weight excluding hydrogens is 769 g/mol. The third kappa shape index (κ3) is 4.88. The van der Waals surface area contributed by atoms with Crippen LogP contribution in [0.15, 0.2) is 188 Å². The van der Waals surface area contributed by atoms with Crippen molar-refractivity contribution in [1.29, 1.82) is 0 Å². The molecule has 4 aromatic heterocycles. The first kappa shape index (κ1) is 33.8. The van der Waals surface area contributed by atoms with Gasteiger partial charge in [-0.25, -0.2) is 0 Å². The Balaban J connectivity index is 0.998. The SMILES string of the molecule is COc1cc(-n2c3ccccc3c3cc(-c4cccc5c4sc4ccccc45)ccc32)cc(-n2c3ccccc3c3cc(-c4cccc5c4sc4ccccc45)ccc32)c1. The van der Waals surface area contributed by atoms with E-state index in [9.17, 15) is 0 Å². The number of rotatable bonds is 5. The quantitative estimate of drug-likeness (QED) is 0.170. The van der Waals surface area contributed by atoms with Crippen molar-refractivity contribution in [3.05, 3.63) is 188 Å². The number of ether oxygens (including phenoxy) is 1. The molecule has 0 aliphatic carbocycles. The van der Waals surface area contributed by atoms with E-state index in [2.05, 4.69) is 197 Å².